The lowest BCUT2D eigenvalue weighted by atomic mass is 9.72. The largest absolute Gasteiger partial charge is 0.463 e. The maximum atomic E-state index is 12.5. The van der Waals surface area contributed by atoms with Crippen molar-refractivity contribution >= 4 is 11.9 Å². The number of hydrogen-bond acceptors (Lipinski definition) is 19. The van der Waals surface area contributed by atoms with Gasteiger partial charge in [0, 0.05) is 18.8 Å². The number of carbonyl (C=O) groups excluding carboxylic acids is 2. The highest BCUT2D eigenvalue weighted by Crippen LogP contribution is 2.44. The summed E-state index contributed by atoms with van der Waals surface area (Å²) in [7, 11) is 0. The van der Waals surface area contributed by atoms with Crippen molar-refractivity contribution in [3.05, 3.63) is 0 Å². The molecule has 51 heavy (non-hydrogen) atoms. The van der Waals surface area contributed by atoms with Crippen molar-refractivity contribution in [1.82, 2.24) is 0 Å². The van der Waals surface area contributed by atoms with E-state index in [1.165, 1.54) is 0 Å². The Hall–Kier alpha value is -1.70. The SMILES string of the molecule is O=C1C[C@@H](O)C(=O)OC[C@H]2O[C@@H](OC3CC(O)CC4[OH+]C(C5CC(O)C(O)C(O)C5)C(CC34)O[C@H]3O[C@@H](CO1)[C@H](O)[C@@H](O)[C@@H]3O)[C@H](O)[C@@H](O)[C@@H]2O. The first-order chi connectivity index (χ1) is 24.1. The van der Waals surface area contributed by atoms with Crippen LogP contribution in [0.5, 0.6) is 0 Å². The highest BCUT2D eigenvalue weighted by Gasteiger charge is 2.57. The molecule has 0 aromatic carbocycles. The minimum Gasteiger partial charge on any atom is -0.463 e. The second-order valence-corrected chi connectivity index (χ2v) is 14.5. The van der Waals surface area contributed by atoms with Gasteiger partial charge in [-0.25, -0.2) is 4.79 Å². The molecule has 4 saturated heterocycles. The Morgan fingerprint density at radius 1 is 0.529 bits per heavy atom. The van der Waals surface area contributed by atoms with E-state index < -0.39 is 160 Å². The molecule has 4 aliphatic heterocycles. The number of aliphatic hydroxyl groups excluding tert-OH is 11. The van der Waals surface area contributed by atoms with Crippen LogP contribution in [0.25, 0.3) is 0 Å². The second kappa shape index (κ2) is 16.0. The summed E-state index contributed by atoms with van der Waals surface area (Å²) in [4.78, 5) is 24.9. The van der Waals surface area contributed by atoms with E-state index in [9.17, 15) is 65.8 Å². The lowest BCUT2D eigenvalue weighted by Gasteiger charge is -2.50. The summed E-state index contributed by atoms with van der Waals surface area (Å²) in [6.07, 6.45) is -28.2. The molecular formula is C31H49O20+. The lowest BCUT2D eigenvalue weighted by Crippen LogP contribution is -2.64. The van der Waals surface area contributed by atoms with E-state index in [4.69, 9.17) is 33.2 Å². The molecule has 20 nitrogen and oxygen atoms in total. The molecule has 6 bridgehead atoms. The molecule has 0 radical (unpaired) electrons. The van der Waals surface area contributed by atoms with E-state index in [0.29, 0.717) is 0 Å². The molecule has 12 N–H and O–H groups in total. The number of hydrogen-bond donors (Lipinski definition) is 11. The van der Waals surface area contributed by atoms with E-state index in [2.05, 4.69) is 0 Å². The molecule has 2 saturated carbocycles. The molecule has 4 heterocycles. The molecule has 0 aromatic heterocycles. The van der Waals surface area contributed by atoms with Gasteiger partial charge < -0.3 is 89.3 Å². The van der Waals surface area contributed by atoms with Gasteiger partial charge in [-0.1, -0.05) is 0 Å². The third kappa shape index (κ3) is 8.21. The van der Waals surface area contributed by atoms with E-state index in [1.807, 2.05) is 0 Å². The Kier molecular flexibility index (Phi) is 12.2. The Labute approximate surface area is 291 Å². The zero-order chi connectivity index (χ0) is 36.9. The van der Waals surface area contributed by atoms with Crippen LogP contribution in [0, 0.1) is 11.8 Å². The van der Waals surface area contributed by atoms with Gasteiger partial charge in [0.05, 0.1) is 36.8 Å². The Morgan fingerprint density at radius 2 is 1.06 bits per heavy atom. The monoisotopic (exact) mass is 741 g/mol. The van der Waals surface area contributed by atoms with Crippen molar-refractivity contribution in [3.63, 3.8) is 0 Å². The zero-order valence-corrected chi connectivity index (χ0v) is 27.4. The van der Waals surface area contributed by atoms with Crippen LogP contribution in [0.4, 0.5) is 0 Å². The minimum atomic E-state index is -2.05. The topological polar surface area (TPSA) is 325 Å². The fraction of sp³-hybridized carbons (Fsp3) is 0.935. The van der Waals surface area contributed by atoms with Gasteiger partial charge in [0.15, 0.2) is 30.9 Å². The van der Waals surface area contributed by atoms with Crippen molar-refractivity contribution in [2.45, 2.75) is 155 Å². The van der Waals surface area contributed by atoms with E-state index in [0.717, 1.165) is 0 Å². The van der Waals surface area contributed by atoms with Gasteiger partial charge in [-0.2, -0.15) is 0 Å². The summed E-state index contributed by atoms with van der Waals surface area (Å²) >= 11 is 0. The normalized spacial score (nSPS) is 53.4. The number of cyclic esters (lactones) is 2. The number of carbonyl (C=O) groups is 2. The first kappa shape index (κ1) is 39.0. The van der Waals surface area contributed by atoms with Crippen molar-refractivity contribution in [2.24, 2.45) is 11.8 Å². The third-order valence-corrected chi connectivity index (χ3v) is 11.0. The third-order valence-electron chi connectivity index (χ3n) is 11.0. The average molecular weight is 742 g/mol. The van der Waals surface area contributed by atoms with E-state index >= 15 is 0 Å². The van der Waals surface area contributed by atoms with Crippen molar-refractivity contribution in [2.75, 3.05) is 13.2 Å². The van der Waals surface area contributed by atoms with Crippen LogP contribution in [0.1, 0.15) is 38.5 Å². The van der Waals surface area contributed by atoms with Gasteiger partial charge in [-0.15, -0.1) is 0 Å². The standard InChI is InChI=1S/C31H48O20/c32-10-3-15-11-5-17(28(47-15)9-1-12(33)21(37)13(34)2-9)49-31-27(43)24(40)22(38)18(50-31)7-45-20(36)6-14(35)29(44)46-8-19-23(39)25(41)26(42)30(51-19)48-16(11)4-10/h9-19,21-28,30-35,37-43H,1-8H2/p+1/t9?,10?,11?,12?,13?,14-,15?,16?,17?,18+,19-,21?,22+,23-,24-,25+,26-,27+,28?,30-,31+/m1/s1. The van der Waals surface area contributed by atoms with Gasteiger partial charge in [-0.3, -0.25) is 4.79 Å². The molecule has 292 valence electrons. The van der Waals surface area contributed by atoms with Crippen molar-refractivity contribution in [1.29, 1.82) is 0 Å². The van der Waals surface area contributed by atoms with Crippen molar-refractivity contribution in [3.8, 4) is 0 Å². The summed E-state index contributed by atoms with van der Waals surface area (Å²) < 4.78 is 39.0. The van der Waals surface area contributed by atoms with Crippen LogP contribution >= 0.6 is 0 Å². The Morgan fingerprint density at radius 3 is 1.65 bits per heavy atom. The van der Waals surface area contributed by atoms with Crippen LogP contribution in [-0.4, -0.2) is 202 Å². The molecule has 0 aromatic rings. The molecule has 0 spiro atoms. The smallest absolute Gasteiger partial charge is 0.335 e. The quantitative estimate of drug-likeness (QED) is 0.0879. The van der Waals surface area contributed by atoms with Crippen LogP contribution in [0.15, 0.2) is 0 Å². The molecule has 8 unspecified atom stereocenters. The highest BCUT2D eigenvalue weighted by atomic mass is 16.7. The van der Waals surface area contributed by atoms with Crippen molar-refractivity contribution < 1.29 is 98.9 Å². The molecular weight excluding hydrogens is 692 g/mol. The molecule has 0 amide bonds. The minimum absolute atomic E-state index is 0.000248. The second-order valence-electron chi connectivity index (χ2n) is 14.5. The maximum Gasteiger partial charge on any atom is 0.335 e. The number of ether oxygens (including phenoxy) is 7. The Balaban J connectivity index is 1.32. The van der Waals surface area contributed by atoms with Crippen LogP contribution in [-0.2, 0) is 38.0 Å². The fourth-order valence-corrected chi connectivity index (χ4v) is 8.11. The van der Waals surface area contributed by atoms with Crippen LogP contribution in [0.2, 0.25) is 0 Å². The number of fused-ring (bicyclic) bond motifs is 5. The summed E-state index contributed by atoms with van der Waals surface area (Å²) in [5, 5.41) is 117. The van der Waals surface area contributed by atoms with Crippen LogP contribution in [0.3, 0.4) is 0 Å². The molecule has 6 rings (SSSR count). The van der Waals surface area contributed by atoms with Gasteiger partial charge >= 0.3 is 11.9 Å². The lowest BCUT2D eigenvalue weighted by molar-refractivity contribution is -0.368. The average Bonchev–Trinajstić information content (AvgIpc) is 3.09. The summed E-state index contributed by atoms with van der Waals surface area (Å²) in [6.45, 7) is -1.44. The zero-order valence-electron chi connectivity index (χ0n) is 27.4. The fourth-order valence-electron chi connectivity index (χ4n) is 8.11. The predicted molar refractivity (Wildman–Crippen MR) is 160 cm³/mol. The molecule has 6 fully saturated rings. The first-order valence-electron chi connectivity index (χ1n) is 17.3. The Bertz CT molecular complexity index is 1200. The summed E-state index contributed by atoms with van der Waals surface area (Å²) in [5.74, 6) is -3.63. The van der Waals surface area contributed by atoms with Gasteiger partial charge in [0.1, 0.15) is 74.3 Å². The molecule has 19 atom stereocenters. The predicted octanol–water partition coefficient (Wildman–Crippen LogP) is -6.84. The number of esters is 2. The molecule has 2 aliphatic carbocycles. The molecule has 6 aliphatic rings. The van der Waals surface area contributed by atoms with E-state index in [-0.39, 0.29) is 32.1 Å². The van der Waals surface area contributed by atoms with Gasteiger partial charge in [0.25, 0.3) is 0 Å². The first-order valence-corrected chi connectivity index (χ1v) is 17.3. The summed E-state index contributed by atoms with van der Waals surface area (Å²) in [5.41, 5.74) is 0. The molecule has 20 heteroatoms. The van der Waals surface area contributed by atoms with E-state index in [1.54, 1.807) is 0 Å². The highest BCUT2D eigenvalue weighted by molar-refractivity contribution is 5.81. The summed E-state index contributed by atoms with van der Waals surface area (Å²) in [6, 6.07) is 0. The van der Waals surface area contributed by atoms with Crippen LogP contribution < -0.4 is 0 Å². The maximum absolute atomic E-state index is 12.5. The van der Waals surface area contributed by atoms with Gasteiger partial charge in [-0.05, 0) is 19.3 Å². The van der Waals surface area contributed by atoms with Gasteiger partial charge in [0.2, 0.25) is 0 Å². The number of rotatable bonds is 1. The number of aliphatic hydroxyl groups is 13.